The molecule has 1 heterocycles. The van der Waals surface area contributed by atoms with Crippen LogP contribution in [0.2, 0.25) is 0 Å². The molecule has 0 aliphatic rings. The number of nitrogen functional groups attached to an aromatic ring is 1. The highest BCUT2D eigenvalue weighted by Gasteiger charge is 2.27. The van der Waals surface area contributed by atoms with E-state index in [-0.39, 0.29) is 6.04 Å². The van der Waals surface area contributed by atoms with E-state index in [0.717, 1.165) is 6.42 Å². The van der Waals surface area contributed by atoms with Gasteiger partial charge in [0.25, 0.3) is 10.0 Å². The molecule has 1 unspecified atom stereocenters. The van der Waals surface area contributed by atoms with Gasteiger partial charge in [0.05, 0.1) is 0 Å². The molecule has 0 aliphatic heterocycles. The van der Waals surface area contributed by atoms with Crippen molar-refractivity contribution >= 4 is 27.0 Å². The zero-order valence-electron chi connectivity index (χ0n) is 9.80. The standard InChI is InChI=1S/C10H18N2O2S2/c1-4-8(3)12(5-2)16(13,14)10-6-9(11)7-15-10/h6-8H,4-5,11H2,1-3H3. The van der Waals surface area contributed by atoms with Crippen LogP contribution in [0, 0.1) is 0 Å². The van der Waals surface area contributed by atoms with Crippen molar-refractivity contribution in [3.8, 4) is 0 Å². The smallest absolute Gasteiger partial charge is 0.252 e. The molecule has 2 N–H and O–H groups in total. The molecule has 1 aromatic rings. The molecule has 0 amide bonds. The fraction of sp³-hybridized carbons (Fsp3) is 0.600. The van der Waals surface area contributed by atoms with E-state index in [2.05, 4.69) is 0 Å². The lowest BCUT2D eigenvalue weighted by atomic mass is 10.3. The number of hydrogen-bond donors (Lipinski definition) is 1. The van der Waals surface area contributed by atoms with Crippen LogP contribution >= 0.6 is 11.3 Å². The van der Waals surface area contributed by atoms with E-state index in [1.165, 1.54) is 21.7 Å². The Morgan fingerprint density at radius 2 is 2.12 bits per heavy atom. The van der Waals surface area contributed by atoms with Gasteiger partial charge >= 0.3 is 0 Å². The molecule has 4 nitrogen and oxygen atoms in total. The van der Waals surface area contributed by atoms with E-state index in [9.17, 15) is 8.42 Å². The second-order valence-electron chi connectivity index (χ2n) is 3.66. The van der Waals surface area contributed by atoms with E-state index < -0.39 is 10.0 Å². The number of hydrogen-bond acceptors (Lipinski definition) is 4. The number of sulfonamides is 1. The zero-order valence-corrected chi connectivity index (χ0v) is 11.4. The summed E-state index contributed by atoms with van der Waals surface area (Å²) >= 11 is 1.17. The highest BCUT2D eigenvalue weighted by molar-refractivity contribution is 7.91. The monoisotopic (exact) mass is 262 g/mol. The highest BCUT2D eigenvalue weighted by atomic mass is 32.2. The topological polar surface area (TPSA) is 63.4 Å². The first-order valence-electron chi connectivity index (χ1n) is 5.29. The molecule has 0 aromatic carbocycles. The minimum absolute atomic E-state index is 0.0123. The summed E-state index contributed by atoms with van der Waals surface area (Å²) in [7, 11) is -3.37. The second kappa shape index (κ2) is 5.16. The van der Waals surface area contributed by atoms with E-state index in [4.69, 9.17) is 5.73 Å². The Morgan fingerprint density at radius 1 is 1.50 bits per heavy atom. The van der Waals surface area contributed by atoms with Crippen LogP contribution in [0.25, 0.3) is 0 Å². The lowest BCUT2D eigenvalue weighted by Crippen LogP contribution is -2.37. The van der Waals surface area contributed by atoms with Crippen LogP contribution in [0.5, 0.6) is 0 Å². The van der Waals surface area contributed by atoms with E-state index in [1.807, 2.05) is 20.8 Å². The molecular weight excluding hydrogens is 244 g/mol. The van der Waals surface area contributed by atoms with Crippen molar-refractivity contribution in [3.63, 3.8) is 0 Å². The summed E-state index contributed by atoms with van der Waals surface area (Å²) in [5, 5.41) is 1.65. The van der Waals surface area contributed by atoms with Gasteiger partial charge in [-0.3, -0.25) is 0 Å². The van der Waals surface area contributed by atoms with Gasteiger partial charge in [-0.2, -0.15) is 4.31 Å². The molecule has 1 aromatic heterocycles. The summed E-state index contributed by atoms with van der Waals surface area (Å²) in [6.45, 7) is 6.22. The SMILES string of the molecule is CCC(C)N(CC)S(=O)(=O)c1cc(N)cs1. The fourth-order valence-electron chi connectivity index (χ4n) is 1.50. The Morgan fingerprint density at radius 3 is 2.50 bits per heavy atom. The van der Waals surface area contributed by atoms with Gasteiger partial charge in [0.1, 0.15) is 4.21 Å². The maximum absolute atomic E-state index is 12.3. The van der Waals surface area contributed by atoms with Crippen LogP contribution in [-0.4, -0.2) is 25.3 Å². The third-order valence-corrected chi connectivity index (χ3v) is 6.08. The molecule has 16 heavy (non-hydrogen) atoms. The molecule has 0 bridgehead atoms. The summed E-state index contributed by atoms with van der Waals surface area (Å²) in [6.07, 6.45) is 0.800. The van der Waals surface area contributed by atoms with Gasteiger partial charge in [0, 0.05) is 23.7 Å². The van der Waals surface area contributed by atoms with Crippen molar-refractivity contribution in [1.29, 1.82) is 0 Å². The van der Waals surface area contributed by atoms with Gasteiger partial charge < -0.3 is 5.73 Å². The first-order chi connectivity index (χ1) is 7.43. The van der Waals surface area contributed by atoms with Gasteiger partial charge in [-0.25, -0.2) is 8.42 Å². The van der Waals surface area contributed by atoms with Crippen LogP contribution in [-0.2, 0) is 10.0 Å². The average Bonchev–Trinajstić information content (AvgIpc) is 2.65. The minimum atomic E-state index is -3.37. The maximum Gasteiger partial charge on any atom is 0.252 e. The Bertz CT molecular complexity index is 439. The summed E-state index contributed by atoms with van der Waals surface area (Å²) in [4.78, 5) is 0. The summed E-state index contributed by atoms with van der Waals surface area (Å²) in [5.41, 5.74) is 6.06. The van der Waals surface area contributed by atoms with Crippen molar-refractivity contribution in [2.75, 3.05) is 12.3 Å². The molecular formula is C10H18N2O2S2. The fourth-order valence-corrected chi connectivity index (χ4v) is 4.42. The predicted molar refractivity (Wildman–Crippen MR) is 68.1 cm³/mol. The van der Waals surface area contributed by atoms with E-state index >= 15 is 0 Å². The largest absolute Gasteiger partial charge is 0.398 e. The lowest BCUT2D eigenvalue weighted by Gasteiger charge is -2.25. The molecule has 92 valence electrons. The number of nitrogens with two attached hydrogens (primary N) is 1. The average molecular weight is 262 g/mol. The van der Waals surface area contributed by atoms with Crippen molar-refractivity contribution < 1.29 is 8.42 Å². The number of thiophene rings is 1. The van der Waals surface area contributed by atoms with Crippen molar-refractivity contribution in [3.05, 3.63) is 11.4 Å². The molecule has 1 atom stereocenters. The Labute approximate surface area is 101 Å². The Balaban J connectivity index is 3.09. The van der Waals surface area contributed by atoms with Crippen LogP contribution in [0.15, 0.2) is 15.7 Å². The van der Waals surface area contributed by atoms with E-state index in [0.29, 0.717) is 16.4 Å². The van der Waals surface area contributed by atoms with Gasteiger partial charge in [0.15, 0.2) is 0 Å². The number of rotatable bonds is 5. The molecule has 0 aliphatic carbocycles. The van der Waals surface area contributed by atoms with Crippen LogP contribution in [0.1, 0.15) is 27.2 Å². The van der Waals surface area contributed by atoms with Crippen LogP contribution < -0.4 is 5.73 Å². The second-order valence-corrected chi connectivity index (χ2v) is 6.69. The van der Waals surface area contributed by atoms with Crippen molar-refractivity contribution in [2.24, 2.45) is 0 Å². The van der Waals surface area contributed by atoms with Gasteiger partial charge in [-0.05, 0) is 19.4 Å². The minimum Gasteiger partial charge on any atom is -0.398 e. The normalized spacial score (nSPS) is 14.2. The molecule has 0 saturated carbocycles. The highest BCUT2D eigenvalue weighted by Crippen LogP contribution is 2.26. The first-order valence-corrected chi connectivity index (χ1v) is 7.61. The number of nitrogens with zero attached hydrogens (tertiary/aromatic N) is 1. The molecule has 0 saturated heterocycles. The Hall–Kier alpha value is -0.590. The molecule has 0 spiro atoms. The molecule has 1 rings (SSSR count). The van der Waals surface area contributed by atoms with Crippen molar-refractivity contribution in [2.45, 2.75) is 37.4 Å². The third-order valence-electron chi connectivity index (χ3n) is 2.55. The summed E-state index contributed by atoms with van der Waals surface area (Å²) < 4.78 is 26.4. The maximum atomic E-state index is 12.3. The summed E-state index contributed by atoms with van der Waals surface area (Å²) in [6, 6.07) is 1.53. The quantitative estimate of drug-likeness (QED) is 0.884. The van der Waals surface area contributed by atoms with Crippen LogP contribution in [0.3, 0.4) is 0 Å². The van der Waals surface area contributed by atoms with Crippen molar-refractivity contribution in [1.82, 2.24) is 4.31 Å². The molecule has 0 fully saturated rings. The summed E-state index contributed by atoms with van der Waals surface area (Å²) in [5.74, 6) is 0. The van der Waals surface area contributed by atoms with E-state index in [1.54, 1.807) is 5.38 Å². The Kier molecular flexibility index (Phi) is 4.35. The van der Waals surface area contributed by atoms with Gasteiger partial charge in [-0.15, -0.1) is 11.3 Å². The van der Waals surface area contributed by atoms with Crippen LogP contribution in [0.4, 0.5) is 5.69 Å². The van der Waals surface area contributed by atoms with Gasteiger partial charge in [-0.1, -0.05) is 13.8 Å². The third kappa shape index (κ3) is 2.56. The predicted octanol–water partition coefficient (Wildman–Crippen LogP) is 2.14. The van der Waals surface area contributed by atoms with Gasteiger partial charge in [0.2, 0.25) is 0 Å². The number of anilines is 1. The molecule has 0 radical (unpaired) electrons. The first kappa shape index (κ1) is 13.5. The lowest BCUT2D eigenvalue weighted by molar-refractivity contribution is 0.343. The molecule has 6 heteroatoms. The zero-order chi connectivity index (χ0) is 12.3.